The summed E-state index contributed by atoms with van der Waals surface area (Å²) in [5, 5.41) is 10.3. The van der Waals surface area contributed by atoms with Gasteiger partial charge in [-0.15, -0.1) is 0 Å². The van der Waals surface area contributed by atoms with E-state index in [2.05, 4.69) is 28.9 Å². The number of aryl methyl sites for hydroxylation is 2. The van der Waals surface area contributed by atoms with Crippen LogP contribution >= 0.6 is 27.7 Å². The first kappa shape index (κ1) is 18.8. The highest BCUT2D eigenvalue weighted by molar-refractivity contribution is 9.10. The first-order valence-electron chi connectivity index (χ1n) is 7.54. The Morgan fingerprint density at radius 2 is 2.04 bits per heavy atom. The van der Waals surface area contributed by atoms with Crippen molar-refractivity contribution in [2.75, 3.05) is 11.3 Å². The first-order valence-corrected chi connectivity index (χ1v) is 9.55. The number of hydroxylamine groups is 1. The van der Waals surface area contributed by atoms with Gasteiger partial charge in [-0.05, 0) is 48.9 Å². The maximum Gasteiger partial charge on any atom is 0.309 e. The maximum atomic E-state index is 11.8. The van der Waals surface area contributed by atoms with E-state index in [0.717, 1.165) is 39.5 Å². The van der Waals surface area contributed by atoms with E-state index in [4.69, 9.17) is 4.74 Å². The Bertz CT molecular complexity index is 736. The third-order valence-electron chi connectivity index (χ3n) is 3.65. The quantitative estimate of drug-likeness (QED) is 0.517. The second-order valence-electron chi connectivity index (χ2n) is 5.30. The Balaban J connectivity index is 2.22. The number of hydrogen-bond donors (Lipinski definition) is 1. The number of carbonyl (C=O) groups is 1. The molecule has 0 radical (unpaired) electrons. The first-order chi connectivity index (χ1) is 11.5. The van der Waals surface area contributed by atoms with Crippen molar-refractivity contribution >= 4 is 38.6 Å². The van der Waals surface area contributed by atoms with Crippen LogP contribution in [0.25, 0.3) is 0 Å². The van der Waals surface area contributed by atoms with E-state index >= 15 is 0 Å². The van der Waals surface area contributed by atoms with Gasteiger partial charge < -0.3 is 4.74 Å². The molecule has 2 aromatic rings. The molecule has 2 rings (SSSR count). The molecule has 0 bridgehead atoms. The van der Waals surface area contributed by atoms with Crippen LogP contribution in [0.4, 0.5) is 10.5 Å². The monoisotopic (exact) mass is 409 g/mol. The van der Waals surface area contributed by atoms with E-state index in [1.807, 2.05) is 31.2 Å². The third-order valence-corrected chi connectivity index (χ3v) is 4.67. The van der Waals surface area contributed by atoms with E-state index in [1.165, 1.54) is 5.56 Å². The molecular formula is C18H20BrNO3S. The SMILES string of the molecule is CCc1ccc(OCc2ccc(Br)cc2N(O)C(=O)SC)c(C)c1. The summed E-state index contributed by atoms with van der Waals surface area (Å²) >= 11 is 4.31. The summed E-state index contributed by atoms with van der Waals surface area (Å²) in [7, 11) is 0. The van der Waals surface area contributed by atoms with Gasteiger partial charge in [-0.1, -0.05) is 52.8 Å². The van der Waals surface area contributed by atoms with Crippen LogP contribution in [0.1, 0.15) is 23.6 Å². The van der Waals surface area contributed by atoms with Crippen molar-refractivity contribution in [3.8, 4) is 5.75 Å². The van der Waals surface area contributed by atoms with Crippen LogP contribution in [-0.4, -0.2) is 16.7 Å². The van der Waals surface area contributed by atoms with Gasteiger partial charge in [-0.25, -0.2) is 0 Å². The maximum absolute atomic E-state index is 11.8. The van der Waals surface area contributed by atoms with Gasteiger partial charge >= 0.3 is 5.24 Å². The molecule has 0 unspecified atom stereocenters. The van der Waals surface area contributed by atoms with Crippen molar-refractivity contribution in [1.29, 1.82) is 0 Å². The van der Waals surface area contributed by atoms with Crippen LogP contribution in [0.3, 0.4) is 0 Å². The van der Waals surface area contributed by atoms with Gasteiger partial charge in [-0.3, -0.25) is 10.0 Å². The number of carbonyl (C=O) groups excluding carboxylic acids is 1. The van der Waals surface area contributed by atoms with Crippen LogP contribution in [0, 0.1) is 6.92 Å². The number of halogens is 1. The highest BCUT2D eigenvalue weighted by Gasteiger charge is 2.17. The molecule has 1 amide bonds. The van der Waals surface area contributed by atoms with Crippen LogP contribution in [-0.2, 0) is 13.0 Å². The molecule has 6 heteroatoms. The number of anilines is 1. The minimum Gasteiger partial charge on any atom is -0.489 e. The van der Waals surface area contributed by atoms with Gasteiger partial charge in [0.1, 0.15) is 12.4 Å². The molecule has 4 nitrogen and oxygen atoms in total. The number of thioether (sulfide) groups is 1. The molecule has 2 aromatic carbocycles. The van der Waals surface area contributed by atoms with Crippen molar-refractivity contribution in [1.82, 2.24) is 0 Å². The third kappa shape index (κ3) is 4.53. The number of rotatable bonds is 5. The fourth-order valence-electron chi connectivity index (χ4n) is 2.29. The van der Waals surface area contributed by atoms with Gasteiger partial charge in [-0.2, -0.15) is 5.06 Å². The van der Waals surface area contributed by atoms with Gasteiger partial charge in [0.15, 0.2) is 0 Å². The molecule has 128 valence electrons. The van der Waals surface area contributed by atoms with E-state index in [0.29, 0.717) is 10.8 Å². The van der Waals surface area contributed by atoms with Gasteiger partial charge in [0, 0.05) is 10.0 Å². The second kappa shape index (κ2) is 8.55. The highest BCUT2D eigenvalue weighted by Crippen LogP contribution is 2.28. The van der Waals surface area contributed by atoms with Crippen molar-refractivity contribution in [3.05, 3.63) is 57.6 Å². The largest absolute Gasteiger partial charge is 0.489 e. The lowest BCUT2D eigenvalue weighted by Gasteiger charge is -2.19. The van der Waals surface area contributed by atoms with Gasteiger partial charge in [0.05, 0.1) is 5.69 Å². The molecule has 0 aliphatic heterocycles. The molecule has 0 saturated heterocycles. The minimum absolute atomic E-state index is 0.258. The topological polar surface area (TPSA) is 49.8 Å². The number of ether oxygens (including phenoxy) is 1. The van der Waals surface area contributed by atoms with Crippen LogP contribution in [0.5, 0.6) is 5.75 Å². The predicted octanol–water partition coefficient (Wildman–Crippen LogP) is 5.58. The summed E-state index contributed by atoms with van der Waals surface area (Å²) in [6.07, 6.45) is 2.60. The van der Waals surface area contributed by atoms with Crippen LogP contribution < -0.4 is 9.80 Å². The van der Waals surface area contributed by atoms with E-state index in [9.17, 15) is 10.0 Å². The van der Waals surface area contributed by atoms with Crippen LogP contribution in [0.2, 0.25) is 0 Å². The molecule has 0 aromatic heterocycles. The van der Waals surface area contributed by atoms with E-state index in [1.54, 1.807) is 12.3 Å². The van der Waals surface area contributed by atoms with E-state index < -0.39 is 5.24 Å². The summed E-state index contributed by atoms with van der Waals surface area (Å²) < 4.78 is 6.67. The van der Waals surface area contributed by atoms with Crippen molar-refractivity contribution in [2.45, 2.75) is 26.9 Å². The lowest BCUT2D eigenvalue weighted by molar-refractivity contribution is 0.223. The normalized spacial score (nSPS) is 10.5. The van der Waals surface area contributed by atoms with E-state index in [-0.39, 0.29) is 6.61 Å². The summed E-state index contributed by atoms with van der Waals surface area (Å²) in [4.78, 5) is 11.8. The molecule has 0 spiro atoms. The number of benzene rings is 2. The molecule has 0 fully saturated rings. The van der Waals surface area contributed by atoms with Crippen molar-refractivity contribution in [2.24, 2.45) is 0 Å². The molecule has 0 aliphatic carbocycles. The van der Waals surface area contributed by atoms with Crippen molar-refractivity contribution in [3.63, 3.8) is 0 Å². The molecule has 0 heterocycles. The fraction of sp³-hybridized carbons (Fsp3) is 0.278. The minimum atomic E-state index is -0.446. The summed E-state index contributed by atoms with van der Waals surface area (Å²) in [6, 6.07) is 11.5. The molecular weight excluding hydrogens is 390 g/mol. The average Bonchev–Trinajstić information content (AvgIpc) is 2.59. The summed E-state index contributed by atoms with van der Waals surface area (Å²) in [5.41, 5.74) is 3.46. The Kier molecular flexibility index (Phi) is 6.71. The summed E-state index contributed by atoms with van der Waals surface area (Å²) in [5.74, 6) is 0.793. The van der Waals surface area contributed by atoms with Gasteiger partial charge in [0.25, 0.3) is 0 Å². The summed E-state index contributed by atoms with van der Waals surface area (Å²) in [6.45, 7) is 4.38. The zero-order valence-electron chi connectivity index (χ0n) is 13.9. The Morgan fingerprint density at radius 1 is 1.29 bits per heavy atom. The highest BCUT2D eigenvalue weighted by atomic mass is 79.9. The Hall–Kier alpha value is -1.50. The molecule has 0 atom stereocenters. The van der Waals surface area contributed by atoms with Crippen molar-refractivity contribution < 1.29 is 14.7 Å². The second-order valence-corrected chi connectivity index (χ2v) is 6.97. The average molecular weight is 410 g/mol. The standard InChI is InChI=1S/C18H20BrNO3S/c1-4-13-5-8-17(12(2)9-13)23-11-14-6-7-15(19)10-16(14)20(22)18(21)24-3/h5-10,22H,4,11H2,1-3H3. The number of nitrogens with zero attached hydrogens (tertiary/aromatic N) is 1. The van der Waals surface area contributed by atoms with Gasteiger partial charge in [0.2, 0.25) is 0 Å². The lowest BCUT2D eigenvalue weighted by Crippen LogP contribution is -2.24. The zero-order valence-corrected chi connectivity index (χ0v) is 16.3. The smallest absolute Gasteiger partial charge is 0.309 e. The fourth-order valence-corrected chi connectivity index (χ4v) is 2.91. The predicted molar refractivity (Wildman–Crippen MR) is 102 cm³/mol. The zero-order chi connectivity index (χ0) is 17.7. The molecule has 24 heavy (non-hydrogen) atoms. The van der Waals surface area contributed by atoms with Crippen LogP contribution in [0.15, 0.2) is 40.9 Å². The lowest BCUT2D eigenvalue weighted by atomic mass is 10.1. The number of amides is 1. The molecule has 0 aliphatic rings. The molecule has 0 saturated carbocycles. The molecule has 1 N–H and O–H groups in total. The number of hydrogen-bond acceptors (Lipinski definition) is 4. The Labute approximate surface area is 154 Å². The Morgan fingerprint density at radius 3 is 2.67 bits per heavy atom.